The summed E-state index contributed by atoms with van der Waals surface area (Å²) in [5.74, 6) is 0.536. The summed E-state index contributed by atoms with van der Waals surface area (Å²) in [5.41, 5.74) is 3.15. The van der Waals surface area contributed by atoms with Gasteiger partial charge in [-0.05, 0) is 24.3 Å². The molecular weight excluding hydrogens is 273 g/mol. The SMILES string of the molecule is Oc1c(Cl)cc(Cl)cc1/C=N\Nc1ccccn1. The van der Waals surface area contributed by atoms with Gasteiger partial charge in [-0.15, -0.1) is 0 Å². The number of nitrogens with zero attached hydrogens (tertiary/aromatic N) is 2. The fourth-order valence-electron chi connectivity index (χ4n) is 1.28. The Morgan fingerprint density at radius 2 is 2.11 bits per heavy atom. The lowest BCUT2D eigenvalue weighted by atomic mass is 10.2. The molecular formula is C12H9Cl2N3O. The van der Waals surface area contributed by atoms with Gasteiger partial charge in [0.05, 0.1) is 11.2 Å². The molecule has 0 atom stereocenters. The van der Waals surface area contributed by atoms with Crippen LogP contribution >= 0.6 is 23.2 Å². The molecule has 0 bridgehead atoms. The predicted molar refractivity (Wildman–Crippen MR) is 73.6 cm³/mol. The number of aromatic hydroxyl groups is 1. The largest absolute Gasteiger partial charge is 0.506 e. The van der Waals surface area contributed by atoms with Crippen LogP contribution in [0.25, 0.3) is 0 Å². The van der Waals surface area contributed by atoms with Crippen molar-refractivity contribution in [3.05, 3.63) is 52.1 Å². The van der Waals surface area contributed by atoms with E-state index in [1.807, 2.05) is 6.07 Å². The van der Waals surface area contributed by atoms with E-state index in [-0.39, 0.29) is 10.8 Å². The van der Waals surface area contributed by atoms with Gasteiger partial charge in [-0.2, -0.15) is 5.10 Å². The zero-order chi connectivity index (χ0) is 13.0. The van der Waals surface area contributed by atoms with Crippen LogP contribution in [0.1, 0.15) is 5.56 Å². The standard InChI is InChI=1S/C12H9Cl2N3O/c13-9-5-8(12(18)10(14)6-9)7-16-17-11-3-1-2-4-15-11/h1-7,18H,(H,15,17)/b16-7-. The van der Waals surface area contributed by atoms with E-state index in [9.17, 15) is 5.11 Å². The van der Waals surface area contributed by atoms with Crippen molar-refractivity contribution in [2.45, 2.75) is 0 Å². The Balaban J connectivity index is 2.15. The van der Waals surface area contributed by atoms with Crippen LogP contribution in [0.5, 0.6) is 5.75 Å². The molecule has 0 spiro atoms. The monoisotopic (exact) mass is 281 g/mol. The van der Waals surface area contributed by atoms with Crippen LogP contribution in [0.15, 0.2) is 41.6 Å². The zero-order valence-electron chi connectivity index (χ0n) is 9.14. The molecule has 0 radical (unpaired) electrons. The number of aromatic nitrogens is 1. The number of anilines is 1. The molecule has 0 amide bonds. The van der Waals surface area contributed by atoms with Crippen molar-refractivity contribution < 1.29 is 5.11 Å². The first-order valence-electron chi connectivity index (χ1n) is 5.05. The fraction of sp³-hybridized carbons (Fsp3) is 0. The average molecular weight is 282 g/mol. The maximum atomic E-state index is 9.69. The summed E-state index contributed by atoms with van der Waals surface area (Å²) < 4.78 is 0. The van der Waals surface area contributed by atoms with Crippen molar-refractivity contribution in [2.24, 2.45) is 5.10 Å². The lowest BCUT2D eigenvalue weighted by molar-refractivity contribution is 0.475. The van der Waals surface area contributed by atoms with Crippen molar-refractivity contribution in [1.29, 1.82) is 0 Å². The van der Waals surface area contributed by atoms with Crippen molar-refractivity contribution in [3.8, 4) is 5.75 Å². The van der Waals surface area contributed by atoms with Crippen LogP contribution in [-0.2, 0) is 0 Å². The molecule has 2 N–H and O–H groups in total. The number of hydrogen-bond acceptors (Lipinski definition) is 4. The molecule has 92 valence electrons. The van der Waals surface area contributed by atoms with Crippen LogP contribution in [0.2, 0.25) is 10.0 Å². The van der Waals surface area contributed by atoms with E-state index >= 15 is 0 Å². The summed E-state index contributed by atoms with van der Waals surface area (Å²) in [6.45, 7) is 0. The highest BCUT2D eigenvalue weighted by Gasteiger charge is 2.05. The second kappa shape index (κ2) is 5.71. The first-order chi connectivity index (χ1) is 8.66. The Labute approximate surface area is 114 Å². The van der Waals surface area contributed by atoms with E-state index in [1.165, 1.54) is 12.3 Å². The van der Waals surface area contributed by atoms with E-state index < -0.39 is 0 Å². The van der Waals surface area contributed by atoms with Gasteiger partial charge in [-0.3, -0.25) is 5.43 Å². The quantitative estimate of drug-likeness (QED) is 0.668. The van der Waals surface area contributed by atoms with Gasteiger partial charge in [0.2, 0.25) is 0 Å². The van der Waals surface area contributed by atoms with Gasteiger partial charge in [-0.1, -0.05) is 29.3 Å². The second-order valence-corrected chi connectivity index (χ2v) is 4.25. The van der Waals surface area contributed by atoms with Crippen molar-refractivity contribution in [3.63, 3.8) is 0 Å². The van der Waals surface area contributed by atoms with Crippen molar-refractivity contribution in [2.75, 3.05) is 5.43 Å². The number of benzene rings is 1. The Kier molecular flexibility index (Phi) is 4.02. The van der Waals surface area contributed by atoms with E-state index in [4.69, 9.17) is 23.2 Å². The zero-order valence-corrected chi connectivity index (χ0v) is 10.7. The number of pyridine rings is 1. The molecule has 2 aromatic rings. The van der Waals surface area contributed by atoms with Crippen LogP contribution in [-0.4, -0.2) is 16.3 Å². The summed E-state index contributed by atoms with van der Waals surface area (Å²) in [4.78, 5) is 4.03. The van der Waals surface area contributed by atoms with E-state index in [0.29, 0.717) is 16.4 Å². The first kappa shape index (κ1) is 12.7. The van der Waals surface area contributed by atoms with E-state index in [1.54, 1.807) is 24.4 Å². The molecule has 4 nitrogen and oxygen atoms in total. The fourth-order valence-corrected chi connectivity index (χ4v) is 1.79. The summed E-state index contributed by atoms with van der Waals surface area (Å²) in [5, 5.41) is 14.2. The molecule has 0 unspecified atom stereocenters. The number of hydrogen-bond donors (Lipinski definition) is 2. The van der Waals surface area contributed by atoms with Gasteiger partial charge in [-0.25, -0.2) is 4.98 Å². The normalized spacial score (nSPS) is 10.8. The lowest BCUT2D eigenvalue weighted by Gasteiger charge is -2.02. The number of phenolic OH excluding ortho intramolecular Hbond substituents is 1. The van der Waals surface area contributed by atoms with E-state index in [0.717, 1.165) is 0 Å². The Hall–Kier alpha value is -1.78. The van der Waals surface area contributed by atoms with Crippen molar-refractivity contribution >= 4 is 35.2 Å². The van der Waals surface area contributed by atoms with Crippen LogP contribution in [0.4, 0.5) is 5.82 Å². The Bertz CT molecular complexity index is 573. The molecule has 1 aromatic carbocycles. The van der Waals surface area contributed by atoms with E-state index in [2.05, 4.69) is 15.5 Å². The molecule has 0 aliphatic heterocycles. The van der Waals surface area contributed by atoms with Crippen LogP contribution < -0.4 is 5.43 Å². The summed E-state index contributed by atoms with van der Waals surface area (Å²) >= 11 is 11.6. The van der Waals surface area contributed by atoms with Gasteiger partial charge in [0.25, 0.3) is 0 Å². The maximum absolute atomic E-state index is 9.69. The second-order valence-electron chi connectivity index (χ2n) is 3.41. The summed E-state index contributed by atoms with van der Waals surface area (Å²) in [6.07, 6.45) is 3.06. The minimum atomic E-state index is -0.0624. The minimum Gasteiger partial charge on any atom is -0.506 e. The Morgan fingerprint density at radius 3 is 2.83 bits per heavy atom. The molecule has 2 rings (SSSR count). The molecule has 1 heterocycles. The molecule has 0 saturated carbocycles. The van der Waals surface area contributed by atoms with Crippen LogP contribution in [0, 0.1) is 0 Å². The minimum absolute atomic E-state index is 0.0624. The smallest absolute Gasteiger partial charge is 0.146 e. The highest BCUT2D eigenvalue weighted by Crippen LogP contribution is 2.29. The molecule has 1 aromatic heterocycles. The first-order valence-corrected chi connectivity index (χ1v) is 5.80. The third kappa shape index (κ3) is 3.12. The molecule has 6 heteroatoms. The lowest BCUT2D eigenvalue weighted by Crippen LogP contribution is -1.93. The molecule has 0 aliphatic carbocycles. The molecule has 0 aliphatic rings. The summed E-state index contributed by atoms with van der Waals surface area (Å²) in [6, 6.07) is 8.42. The maximum Gasteiger partial charge on any atom is 0.146 e. The number of hydrazone groups is 1. The third-order valence-electron chi connectivity index (χ3n) is 2.11. The van der Waals surface area contributed by atoms with Gasteiger partial charge in [0.15, 0.2) is 0 Å². The third-order valence-corrected chi connectivity index (χ3v) is 2.61. The molecule has 0 fully saturated rings. The molecule has 18 heavy (non-hydrogen) atoms. The number of halogens is 2. The van der Waals surface area contributed by atoms with Crippen LogP contribution in [0.3, 0.4) is 0 Å². The number of rotatable bonds is 3. The van der Waals surface area contributed by atoms with Gasteiger partial charge < -0.3 is 5.11 Å². The highest BCUT2D eigenvalue weighted by atomic mass is 35.5. The topological polar surface area (TPSA) is 57.5 Å². The number of nitrogens with one attached hydrogen (secondary N) is 1. The van der Waals surface area contributed by atoms with Gasteiger partial charge in [0, 0.05) is 16.8 Å². The van der Waals surface area contributed by atoms with Gasteiger partial charge in [0.1, 0.15) is 11.6 Å². The van der Waals surface area contributed by atoms with Gasteiger partial charge >= 0.3 is 0 Å². The predicted octanol–water partition coefficient (Wildman–Crippen LogP) is 3.54. The van der Waals surface area contributed by atoms with Crippen molar-refractivity contribution in [1.82, 2.24) is 4.98 Å². The molecule has 0 saturated heterocycles. The number of phenols is 1. The Morgan fingerprint density at radius 1 is 1.28 bits per heavy atom. The summed E-state index contributed by atoms with van der Waals surface area (Å²) in [7, 11) is 0. The highest BCUT2D eigenvalue weighted by molar-refractivity contribution is 6.36. The average Bonchev–Trinajstić information content (AvgIpc) is 2.36.